The Balaban J connectivity index is 0.00000176. The number of sulfonamides is 1. The quantitative estimate of drug-likeness (QED) is 0.935. The fourth-order valence-corrected chi connectivity index (χ4v) is 4.08. The lowest BCUT2D eigenvalue weighted by atomic mass is 10.1. The van der Waals surface area contributed by atoms with Gasteiger partial charge in [0, 0.05) is 19.1 Å². The maximum atomic E-state index is 12.5. The summed E-state index contributed by atoms with van der Waals surface area (Å²) in [6, 6.07) is 16.9. The number of benzene rings is 2. The standard InChI is InChI=1S/C16H18N2O2S.ClH/c17-15-10-11-18(12-15)21(19,20)16-8-6-14(7-9-16)13-4-2-1-3-5-13;/h1-9,15H,10-12,17H2;1H/t15-;/m1./s1. The number of hydrogen-bond acceptors (Lipinski definition) is 3. The summed E-state index contributed by atoms with van der Waals surface area (Å²) in [5, 5.41) is 0. The number of nitrogens with zero attached hydrogens (tertiary/aromatic N) is 1. The maximum Gasteiger partial charge on any atom is 0.243 e. The van der Waals surface area contributed by atoms with Crippen LogP contribution in [0.15, 0.2) is 59.5 Å². The van der Waals surface area contributed by atoms with E-state index in [4.69, 9.17) is 5.73 Å². The van der Waals surface area contributed by atoms with Gasteiger partial charge in [0.15, 0.2) is 0 Å². The molecule has 118 valence electrons. The van der Waals surface area contributed by atoms with Crippen LogP contribution in [-0.4, -0.2) is 31.9 Å². The SMILES string of the molecule is Cl.N[C@@H]1CCN(S(=O)(=O)c2ccc(-c3ccccc3)cc2)C1. The van der Waals surface area contributed by atoms with Crippen molar-refractivity contribution in [2.24, 2.45) is 5.73 Å². The maximum absolute atomic E-state index is 12.5. The monoisotopic (exact) mass is 338 g/mol. The van der Waals surface area contributed by atoms with Gasteiger partial charge >= 0.3 is 0 Å². The van der Waals surface area contributed by atoms with Crippen LogP contribution in [0.25, 0.3) is 11.1 Å². The minimum absolute atomic E-state index is 0. The van der Waals surface area contributed by atoms with Crippen molar-refractivity contribution >= 4 is 22.4 Å². The summed E-state index contributed by atoms with van der Waals surface area (Å²) in [5.74, 6) is 0. The Labute approximate surface area is 137 Å². The largest absolute Gasteiger partial charge is 0.326 e. The van der Waals surface area contributed by atoms with Gasteiger partial charge in [0.2, 0.25) is 10.0 Å². The predicted octanol–water partition coefficient (Wildman–Crippen LogP) is 2.50. The van der Waals surface area contributed by atoms with Gasteiger partial charge in [-0.2, -0.15) is 4.31 Å². The molecule has 2 aromatic rings. The normalized spacial score (nSPS) is 18.9. The van der Waals surface area contributed by atoms with E-state index in [0.717, 1.165) is 17.5 Å². The molecule has 1 heterocycles. The molecule has 2 N–H and O–H groups in total. The van der Waals surface area contributed by atoms with E-state index in [1.807, 2.05) is 42.5 Å². The Hall–Kier alpha value is -1.40. The van der Waals surface area contributed by atoms with E-state index in [9.17, 15) is 8.42 Å². The molecule has 3 rings (SSSR count). The van der Waals surface area contributed by atoms with Crippen LogP contribution >= 0.6 is 12.4 Å². The summed E-state index contributed by atoms with van der Waals surface area (Å²) in [4.78, 5) is 0.330. The molecule has 4 nitrogen and oxygen atoms in total. The second kappa shape index (κ2) is 6.79. The molecule has 0 aromatic heterocycles. The van der Waals surface area contributed by atoms with Gasteiger partial charge in [-0.15, -0.1) is 12.4 Å². The molecule has 1 aliphatic heterocycles. The lowest BCUT2D eigenvalue weighted by Gasteiger charge is -2.16. The highest BCUT2D eigenvalue weighted by atomic mass is 35.5. The third-order valence-electron chi connectivity index (χ3n) is 3.79. The van der Waals surface area contributed by atoms with Crippen LogP contribution in [0.3, 0.4) is 0 Å². The highest BCUT2D eigenvalue weighted by molar-refractivity contribution is 7.89. The molecular formula is C16H19ClN2O2S. The van der Waals surface area contributed by atoms with Gasteiger partial charge in [-0.3, -0.25) is 0 Å². The molecule has 0 bridgehead atoms. The van der Waals surface area contributed by atoms with Crippen LogP contribution in [0, 0.1) is 0 Å². The second-order valence-electron chi connectivity index (χ2n) is 5.30. The molecule has 6 heteroatoms. The lowest BCUT2D eigenvalue weighted by Crippen LogP contribution is -2.31. The van der Waals surface area contributed by atoms with E-state index in [-0.39, 0.29) is 18.4 Å². The summed E-state index contributed by atoms with van der Waals surface area (Å²) in [6.07, 6.45) is 0.724. The molecule has 1 fully saturated rings. The first-order valence-electron chi connectivity index (χ1n) is 6.98. The highest BCUT2D eigenvalue weighted by Crippen LogP contribution is 2.24. The first kappa shape index (κ1) is 17.0. The molecular weight excluding hydrogens is 320 g/mol. The molecule has 0 radical (unpaired) electrons. The molecule has 1 saturated heterocycles. The minimum atomic E-state index is -3.42. The van der Waals surface area contributed by atoms with Gasteiger partial charge in [0.25, 0.3) is 0 Å². The first-order chi connectivity index (χ1) is 10.1. The van der Waals surface area contributed by atoms with Crippen molar-refractivity contribution in [1.29, 1.82) is 0 Å². The molecule has 0 aliphatic carbocycles. The molecule has 0 spiro atoms. The Kier molecular flexibility index (Phi) is 5.24. The van der Waals surface area contributed by atoms with Gasteiger partial charge < -0.3 is 5.73 Å². The number of hydrogen-bond donors (Lipinski definition) is 1. The van der Waals surface area contributed by atoms with Crippen LogP contribution in [-0.2, 0) is 10.0 Å². The first-order valence-corrected chi connectivity index (χ1v) is 8.42. The van der Waals surface area contributed by atoms with E-state index in [0.29, 0.717) is 18.0 Å². The van der Waals surface area contributed by atoms with Crippen molar-refractivity contribution in [3.8, 4) is 11.1 Å². The van der Waals surface area contributed by atoms with Gasteiger partial charge in [0.05, 0.1) is 4.90 Å². The van der Waals surface area contributed by atoms with E-state index < -0.39 is 10.0 Å². The molecule has 0 amide bonds. The Morgan fingerprint density at radius 2 is 1.55 bits per heavy atom. The summed E-state index contributed by atoms with van der Waals surface area (Å²) >= 11 is 0. The van der Waals surface area contributed by atoms with Gasteiger partial charge in [0.1, 0.15) is 0 Å². The van der Waals surface area contributed by atoms with E-state index >= 15 is 0 Å². The van der Waals surface area contributed by atoms with Crippen LogP contribution in [0.2, 0.25) is 0 Å². The summed E-state index contributed by atoms with van der Waals surface area (Å²) in [6.45, 7) is 0.909. The van der Waals surface area contributed by atoms with Crippen molar-refractivity contribution in [3.05, 3.63) is 54.6 Å². The van der Waals surface area contributed by atoms with Crippen molar-refractivity contribution in [3.63, 3.8) is 0 Å². The van der Waals surface area contributed by atoms with E-state index in [1.54, 1.807) is 12.1 Å². The molecule has 0 saturated carbocycles. The molecule has 2 aromatic carbocycles. The Bertz CT molecular complexity index is 718. The van der Waals surface area contributed by atoms with Crippen LogP contribution < -0.4 is 5.73 Å². The van der Waals surface area contributed by atoms with Crippen LogP contribution in [0.4, 0.5) is 0 Å². The zero-order chi connectivity index (χ0) is 14.9. The zero-order valence-corrected chi connectivity index (χ0v) is 13.7. The second-order valence-corrected chi connectivity index (χ2v) is 7.24. The fourth-order valence-electron chi connectivity index (χ4n) is 2.57. The molecule has 1 atom stereocenters. The van der Waals surface area contributed by atoms with Crippen molar-refractivity contribution in [2.75, 3.05) is 13.1 Å². The molecule has 1 aliphatic rings. The summed E-state index contributed by atoms with van der Waals surface area (Å²) in [7, 11) is -3.42. The van der Waals surface area contributed by atoms with Crippen molar-refractivity contribution in [2.45, 2.75) is 17.4 Å². The van der Waals surface area contributed by atoms with Crippen molar-refractivity contribution in [1.82, 2.24) is 4.31 Å². The molecule has 22 heavy (non-hydrogen) atoms. The topological polar surface area (TPSA) is 63.4 Å². The summed E-state index contributed by atoms with van der Waals surface area (Å²) < 4.78 is 26.5. The fraction of sp³-hybridized carbons (Fsp3) is 0.250. The number of halogens is 1. The number of nitrogens with two attached hydrogens (primary N) is 1. The Morgan fingerprint density at radius 3 is 2.09 bits per heavy atom. The van der Waals surface area contributed by atoms with Crippen LogP contribution in [0.1, 0.15) is 6.42 Å². The predicted molar refractivity (Wildman–Crippen MR) is 90.5 cm³/mol. The van der Waals surface area contributed by atoms with E-state index in [2.05, 4.69) is 0 Å². The van der Waals surface area contributed by atoms with E-state index in [1.165, 1.54) is 4.31 Å². The van der Waals surface area contributed by atoms with Gasteiger partial charge in [-0.25, -0.2) is 8.42 Å². The smallest absolute Gasteiger partial charge is 0.243 e. The number of rotatable bonds is 3. The third-order valence-corrected chi connectivity index (χ3v) is 5.67. The van der Waals surface area contributed by atoms with Crippen LogP contribution in [0.5, 0.6) is 0 Å². The van der Waals surface area contributed by atoms with Crippen molar-refractivity contribution < 1.29 is 8.42 Å². The molecule has 0 unspecified atom stereocenters. The van der Waals surface area contributed by atoms with Gasteiger partial charge in [-0.05, 0) is 29.7 Å². The third kappa shape index (κ3) is 3.33. The average Bonchev–Trinajstić information content (AvgIpc) is 2.96. The lowest BCUT2D eigenvalue weighted by molar-refractivity contribution is 0.472. The average molecular weight is 339 g/mol. The van der Waals surface area contributed by atoms with Gasteiger partial charge in [-0.1, -0.05) is 42.5 Å². The Morgan fingerprint density at radius 1 is 0.955 bits per heavy atom. The zero-order valence-electron chi connectivity index (χ0n) is 12.1. The minimum Gasteiger partial charge on any atom is -0.326 e. The highest BCUT2D eigenvalue weighted by Gasteiger charge is 2.30. The summed E-state index contributed by atoms with van der Waals surface area (Å²) in [5.41, 5.74) is 7.87.